The van der Waals surface area contributed by atoms with Crippen molar-refractivity contribution < 1.29 is 19.2 Å². The Kier molecular flexibility index (Phi) is 7.88. The fourth-order valence-corrected chi connectivity index (χ4v) is 2.56. The third-order valence-electron chi connectivity index (χ3n) is 4.36. The summed E-state index contributed by atoms with van der Waals surface area (Å²) < 4.78 is 5.13. The molecule has 1 aliphatic carbocycles. The Bertz CT molecular complexity index is 546. The van der Waals surface area contributed by atoms with Crippen LogP contribution in [0.4, 0.5) is 0 Å². The van der Waals surface area contributed by atoms with Crippen LogP contribution in [0, 0.1) is 0 Å². The molecular weight excluding hydrogens is 320 g/mol. The smallest absolute Gasteiger partial charge is 0.323 e. The molecule has 0 aliphatic heterocycles. The fourth-order valence-electron chi connectivity index (χ4n) is 2.56. The SMILES string of the molecule is CCOC(=O)[C@H](CCc1ccccc1)N[C@@H](C)C(=O)NOC1CCC1. The fraction of sp³-hybridized carbons (Fsp3) is 0.579. The summed E-state index contributed by atoms with van der Waals surface area (Å²) in [6, 6.07) is 8.84. The van der Waals surface area contributed by atoms with Gasteiger partial charge in [0, 0.05) is 0 Å². The molecule has 1 aliphatic rings. The number of benzene rings is 1. The van der Waals surface area contributed by atoms with Crippen LogP contribution in [0.3, 0.4) is 0 Å². The maximum Gasteiger partial charge on any atom is 0.323 e. The molecule has 25 heavy (non-hydrogen) atoms. The lowest BCUT2D eigenvalue weighted by molar-refractivity contribution is -0.148. The Morgan fingerprint density at radius 3 is 2.56 bits per heavy atom. The minimum Gasteiger partial charge on any atom is -0.465 e. The molecule has 2 atom stereocenters. The van der Waals surface area contributed by atoms with Crippen molar-refractivity contribution in [2.45, 2.75) is 64.1 Å². The monoisotopic (exact) mass is 348 g/mol. The summed E-state index contributed by atoms with van der Waals surface area (Å²) in [4.78, 5) is 29.6. The summed E-state index contributed by atoms with van der Waals surface area (Å²) in [7, 11) is 0. The van der Waals surface area contributed by atoms with Gasteiger partial charge < -0.3 is 4.74 Å². The Morgan fingerprint density at radius 2 is 1.96 bits per heavy atom. The molecule has 1 saturated carbocycles. The zero-order valence-corrected chi connectivity index (χ0v) is 15.0. The highest BCUT2D eigenvalue weighted by atomic mass is 16.7. The topological polar surface area (TPSA) is 76.7 Å². The Morgan fingerprint density at radius 1 is 1.24 bits per heavy atom. The molecule has 1 aromatic rings. The van der Waals surface area contributed by atoms with Crippen molar-refractivity contribution in [2.75, 3.05) is 6.61 Å². The molecule has 1 aromatic carbocycles. The van der Waals surface area contributed by atoms with Gasteiger partial charge >= 0.3 is 5.97 Å². The van der Waals surface area contributed by atoms with Crippen molar-refractivity contribution in [3.05, 3.63) is 35.9 Å². The van der Waals surface area contributed by atoms with Gasteiger partial charge in [-0.1, -0.05) is 30.3 Å². The van der Waals surface area contributed by atoms with E-state index in [2.05, 4.69) is 10.8 Å². The second-order valence-corrected chi connectivity index (χ2v) is 6.35. The van der Waals surface area contributed by atoms with Crippen LogP contribution in [0.25, 0.3) is 0 Å². The van der Waals surface area contributed by atoms with Gasteiger partial charge in [0.25, 0.3) is 5.91 Å². The molecular formula is C19H28N2O4. The lowest BCUT2D eigenvalue weighted by atomic mass is 9.97. The predicted octanol–water partition coefficient (Wildman–Crippen LogP) is 2.13. The van der Waals surface area contributed by atoms with Gasteiger partial charge in [-0.15, -0.1) is 0 Å². The van der Waals surface area contributed by atoms with Crippen LogP contribution < -0.4 is 10.8 Å². The summed E-state index contributed by atoms with van der Waals surface area (Å²) in [6.07, 6.45) is 4.50. The lowest BCUT2D eigenvalue weighted by Crippen LogP contribution is -2.50. The number of nitrogens with one attached hydrogen (secondary N) is 2. The molecule has 2 N–H and O–H groups in total. The summed E-state index contributed by atoms with van der Waals surface area (Å²) >= 11 is 0. The highest BCUT2D eigenvalue weighted by molar-refractivity contribution is 5.82. The number of amides is 1. The third kappa shape index (κ3) is 6.48. The molecule has 6 nitrogen and oxygen atoms in total. The van der Waals surface area contributed by atoms with E-state index in [4.69, 9.17) is 9.57 Å². The number of carbonyl (C=O) groups is 2. The largest absolute Gasteiger partial charge is 0.465 e. The number of carbonyl (C=O) groups excluding carboxylic acids is 2. The number of esters is 1. The van der Waals surface area contributed by atoms with Crippen LogP contribution in [0.5, 0.6) is 0 Å². The van der Waals surface area contributed by atoms with E-state index in [9.17, 15) is 9.59 Å². The average Bonchev–Trinajstić information content (AvgIpc) is 2.57. The first-order valence-corrected chi connectivity index (χ1v) is 9.02. The predicted molar refractivity (Wildman–Crippen MR) is 94.6 cm³/mol. The van der Waals surface area contributed by atoms with Gasteiger partial charge in [0.15, 0.2) is 0 Å². The van der Waals surface area contributed by atoms with E-state index in [0.717, 1.165) is 31.2 Å². The molecule has 0 radical (unpaired) electrons. The number of hydrogen-bond donors (Lipinski definition) is 2. The molecule has 0 aromatic heterocycles. The van der Waals surface area contributed by atoms with Crippen LogP contribution in [-0.4, -0.2) is 36.7 Å². The molecule has 2 rings (SSSR count). The van der Waals surface area contributed by atoms with E-state index < -0.39 is 12.1 Å². The normalized spacial score (nSPS) is 16.6. The Balaban J connectivity index is 1.85. The van der Waals surface area contributed by atoms with Gasteiger partial charge in [-0.05, 0) is 51.5 Å². The first kappa shape index (κ1) is 19.4. The molecule has 6 heteroatoms. The van der Waals surface area contributed by atoms with Crippen LogP contribution in [0.1, 0.15) is 45.1 Å². The minimum absolute atomic E-state index is 0.120. The van der Waals surface area contributed by atoms with Crippen LogP contribution >= 0.6 is 0 Å². The average molecular weight is 348 g/mol. The van der Waals surface area contributed by atoms with Gasteiger partial charge in [-0.3, -0.25) is 19.7 Å². The molecule has 0 saturated heterocycles. The maximum absolute atomic E-state index is 12.2. The van der Waals surface area contributed by atoms with Crippen LogP contribution in [-0.2, 0) is 25.6 Å². The zero-order valence-electron chi connectivity index (χ0n) is 15.0. The van der Waals surface area contributed by atoms with Gasteiger partial charge in [0.1, 0.15) is 6.04 Å². The summed E-state index contributed by atoms with van der Waals surface area (Å²) in [5, 5.41) is 3.06. The van der Waals surface area contributed by atoms with E-state index in [0.29, 0.717) is 13.0 Å². The van der Waals surface area contributed by atoms with Gasteiger partial charge in [-0.25, -0.2) is 5.48 Å². The van der Waals surface area contributed by atoms with Crippen molar-refractivity contribution in [2.24, 2.45) is 0 Å². The molecule has 1 amide bonds. The Labute approximate surface area is 149 Å². The lowest BCUT2D eigenvalue weighted by Gasteiger charge is -2.26. The van der Waals surface area contributed by atoms with E-state index >= 15 is 0 Å². The summed E-state index contributed by atoms with van der Waals surface area (Å²) in [5.41, 5.74) is 3.62. The first-order chi connectivity index (χ1) is 12.1. The van der Waals surface area contributed by atoms with Crippen molar-refractivity contribution in [3.63, 3.8) is 0 Å². The van der Waals surface area contributed by atoms with Crippen molar-refractivity contribution in [3.8, 4) is 0 Å². The highest BCUT2D eigenvalue weighted by Crippen LogP contribution is 2.20. The molecule has 0 spiro atoms. The number of rotatable bonds is 10. The number of aryl methyl sites for hydroxylation is 1. The molecule has 138 valence electrons. The van der Waals surface area contributed by atoms with Gasteiger partial charge in [-0.2, -0.15) is 0 Å². The third-order valence-corrected chi connectivity index (χ3v) is 4.36. The molecule has 1 fully saturated rings. The van der Waals surface area contributed by atoms with Crippen LogP contribution in [0.2, 0.25) is 0 Å². The minimum atomic E-state index is -0.551. The number of hydroxylamine groups is 1. The van der Waals surface area contributed by atoms with Gasteiger partial charge in [0.2, 0.25) is 0 Å². The van der Waals surface area contributed by atoms with E-state index in [-0.39, 0.29) is 18.0 Å². The highest BCUT2D eigenvalue weighted by Gasteiger charge is 2.26. The molecule has 0 heterocycles. The quantitative estimate of drug-likeness (QED) is 0.500. The van der Waals surface area contributed by atoms with Crippen molar-refractivity contribution in [1.29, 1.82) is 0 Å². The van der Waals surface area contributed by atoms with Crippen LogP contribution in [0.15, 0.2) is 30.3 Å². The maximum atomic E-state index is 12.2. The van der Waals surface area contributed by atoms with Gasteiger partial charge in [0.05, 0.1) is 18.8 Å². The van der Waals surface area contributed by atoms with Crippen molar-refractivity contribution >= 4 is 11.9 Å². The number of ether oxygens (including phenoxy) is 1. The standard InChI is InChI=1S/C19H28N2O4/c1-3-24-19(23)17(13-12-15-8-5-4-6-9-15)20-14(2)18(22)21-25-16-10-7-11-16/h4-6,8-9,14,16-17,20H,3,7,10-13H2,1-2H3,(H,21,22)/t14-,17-/m0/s1. The summed E-state index contributed by atoms with van der Waals surface area (Å²) in [5.74, 6) is -0.612. The van der Waals surface area contributed by atoms with E-state index in [1.807, 2.05) is 30.3 Å². The molecule has 0 bridgehead atoms. The zero-order chi connectivity index (χ0) is 18.1. The second kappa shape index (κ2) is 10.2. The molecule has 0 unspecified atom stereocenters. The summed E-state index contributed by atoms with van der Waals surface area (Å²) in [6.45, 7) is 3.80. The van der Waals surface area contributed by atoms with E-state index in [1.54, 1.807) is 13.8 Å². The van der Waals surface area contributed by atoms with Crippen molar-refractivity contribution in [1.82, 2.24) is 10.8 Å². The number of hydrogen-bond acceptors (Lipinski definition) is 5. The Hall–Kier alpha value is -1.92. The first-order valence-electron chi connectivity index (χ1n) is 9.02. The van der Waals surface area contributed by atoms with E-state index in [1.165, 1.54) is 0 Å². The second-order valence-electron chi connectivity index (χ2n) is 6.35.